The van der Waals surface area contributed by atoms with E-state index in [-0.39, 0.29) is 23.1 Å². The highest BCUT2D eigenvalue weighted by atomic mass is 32.2. The molecule has 1 aliphatic rings. The van der Waals surface area contributed by atoms with Gasteiger partial charge in [-0.1, -0.05) is 17.7 Å². The second-order valence-electron chi connectivity index (χ2n) is 10.4. The van der Waals surface area contributed by atoms with Crippen molar-refractivity contribution in [2.24, 2.45) is 0 Å². The summed E-state index contributed by atoms with van der Waals surface area (Å²) in [5, 5.41) is 0.799. The van der Waals surface area contributed by atoms with Gasteiger partial charge in [-0.2, -0.15) is 0 Å². The molecule has 4 rings (SSSR count). The average molecular weight is 499 g/mol. The van der Waals surface area contributed by atoms with Gasteiger partial charge >= 0.3 is 6.09 Å². The summed E-state index contributed by atoms with van der Waals surface area (Å²) in [5.41, 5.74) is 1.85. The van der Waals surface area contributed by atoms with Gasteiger partial charge in [-0.3, -0.25) is 0 Å². The Labute approximate surface area is 207 Å². The highest BCUT2D eigenvalue weighted by molar-refractivity contribution is 7.90. The van der Waals surface area contributed by atoms with Crippen molar-refractivity contribution in [3.05, 3.63) is 53.9 Å². The highest BCUT2D eigenvalue weighted by Crippen LogP contribution is 2.34. The van der Waals surface area contributed by atoms with Crippen molar-refractivity contribution in [1.82, 2.24) is 13.9 Å². The van der Waals surface area contributed by atoms with E-state index in [1.165, 1.54) is 3.97 Å². The van der Waals surface area contributed by atoms with Crippen molar-refractivity contribution in [3.8, 4) is 0 Å². The standard InChI is InChI=1S/C26H34N4O4S/c1-17-8-10-21(11-9-17)35(32,33)30-14-18(2)23-22(30)12-13-27-24(23)28-15-20(4)29(16-19(28)3)25(31)34-26(5,6)7/h8-14,19-20H,15-16H2,1-7H3/t19-,20+/m0/s1. The third kappa shape index (κ3) is 4.74. The lowest BCUT2D eigenvalue weighted by Gasteiger charge is -2.44. The fourth-order valence-corrected chi connectivity index (χ4v) is 5.97. The second-order valence-corrected chi connectivity index (χ2v) is 12.3. The number of ether oxygens (including phenoxy) is 1. The molecular weight excluding hydrogens is 464 g/mol. The van der Waals surface area contributed by atoms with E-state index in [0.717, 1.165) is 22.3 Å². The smallest absolute Gasteiger partial charge is 0.410 e. The molecule has 0 radical (unpaired) electrons. The highest BCUT2D eigenvalue weighted by Gasteiger charge is 2.36. The predicted molar refractivity (Wildman–Crippen MR) is 137 cm³/mol. The first-order chi connectivity index (χ1) is 16.3. The minimum Gasteiger partial charge on any atom is -0.444 e. The van der Waals surface area contributed by atoms with Gasteiger partial charge < -0.3 is 14.5 Å². The summed E-state index contributed by atoms with van der Waals surface area (Å²) in [5.74, 6) is 0.723. The van der Waals surface area contributed by atoms with Gasteiger partial charge in [0, 0.05) is 43.0 Å². The van der Waals surface area contributed by atoms with Crippen LogP contribution in [0.5, 0.6) is 0 Å². The van der Waals surface area contributed by atoms with Crippen LogP contribution in [0.4, 0.5) is 10.6 Å². The fourth-order valence-electron chi connectivity index (χ4n) is 4.55. The number of aryl methyl sites for hydroxylation is 2. The van der Waals surface area contributed by atoms with E-state index in [1.807, 2.05) is 48.5 Å². The van der Waals surface area contributed by atoms with Crippen molar-refractivity contribution in [2.75, 3.05) is 18.0 Å². The minimum absolute atomic E-state index is 0.0340. The molecule has 0 unspecified atom stereocenters. The third-order valence-electron chi connectivity index (χ3n) is 6.32. The number of hydrogen-bond acceptors (Lipinski definition) is 6. The lowest BCUT2D eigenvalue weighted by Crippen LogP contribution is -2.59. The van der Waals surface area contributed by atoms with Crippen LogP contribution in [0.2, 0.25) is 0 Å². The zero-order valence-electron chi connectivity index (χ0n) is 21.4. The van der Waals surface area contributed by atoms with E-state index in [2.05, 4.69) is 9.88 Å². The van der Waals surface area contributed by atoms with Crippen LogP contribution in [-0.2, 0) is 14.8 Å². The van der Waals surface area contributed by atoms with Crippen molar-refractivity contribution >= 4 is 32.8 Å². The summed E-state index contributed by atoms with van der Waals surface area (Å²) >= 11 is 0. The Balaban J connectivity index is 1.71. The molecule has 2 aromatic heterocycles. The van der Waals surface area contributed by atoms with Crippen LogP contribution in [0.15, 0.2) is 47.6 Å². The molecule has 9 heteroatoms. The first-order valence-corrected chi connectivity index (χ1v) is 13.3. The van der Waals surface area contributed by atoms with E-state index >= 15 is 0 Å². The molecule has 0 spiro atoms. The molecule has 2 atom stereocenters. The topological polar surface area (TPSA) is 84.7 Å². The number of benzene rings is 1. The lowest BCUT2D eigenvalue weighted by molar-refractivity contribution is 0.0130. The number of fused-ring (bicyclic) bond motifs is 1. The van der Waals surface area contributed by atoms with E-state index in [9.17, 15) is 13.2 Å². The van der Waals surface area contributed by atoms with Gasteiger partial charge in [0.1, 0.15) is 11.4 Å². The zero-order chi connectivity index (χ0) is 25.7. The van der Waals surface area contributed by atoms with Crippen molar-refractivity contribution < 1.29 is 17.9 Å². The molecule has 1 fully saturated rings. The van der Waals surface area contributed by atoms with Crippen LogP contribution in [0.1, 0.15) is 45.7 Å². The first-order valence-electron chi connectivity index (χ1n) is 11.8. The zero-order valence-corrected chi connectivity index (χ0v) is 22.3. The number of nitrogens with zero attached hydrogens (tertiary/aromatic N) is 4. The maximum atomic E-state index is 13.5. The number of carbonyl (C=O) groups excluding carboxylic acids is 1. The number of rotatable bonds is 3. The van der Waals surface area contributed by atoms with Gasteiger partial charge in [-0.05, 0) is 72.2 Å². The van der Waals surface area contributed by atoms with Crippen LogP contribution in [-0.4, -0.2) is 59.1 Å². The quantitative estimate of drug-likeness (QED) is 0.519. The van der Waals surface area contributed by atoms with Gasteiger partial charge in [0.2, 0.25) is 0 Å². The summed E-state index contributed by atoms with van der Waals surface area (Å²) in [6, 6.07) is 8.46. The Bertz CT molecular complexity index is 1360. The maximum Gasteiger partial charge on any atom is 0.410 e. The Morgan fingerprint density at radius 3 is 2.31 bits per heavy atom. The van der Waals surface area contributed by atoms with Gasteiger partial charge in [0.05, 0.1) is 10.4 Å². The van der Waals surface area contributed by atoms with Crippen LogP contribution in [0.25, 0.3) is 10.9 Å². The first kappa shape index (κ1) is 25.0. The molecule has 0 saturated carbocycles. The summed E-state index contributed by atoms with van der Waals surface area (Å²) in [6.07, 6.45) is 2.99. The molecule has 1 aromatic carbocycles. The van der Waals surface area contributed by atoms with Crippen LogP contribution in [0, 0.1) is 13.8 Å². The van der Waals surface area contributed by atoms with Crippen molar-refractivity contribution in [1.29, 1.82) is 0 Å². The number of piperazine rings is 1. The molecule has 188 valence electrons. The van der Waals surface area contributed by atoms with Crippen LogP contribution in [0.3, 0.4) is 0 Å². The Morgan fingerprint density at radius 2 is 1.69 bits per heavy atom. The molecule has 0 N–H and O–H groups in total. The Morgan fingerprint density at radius 1 is 1.03 bits per heavy atom. The molecular formula is C26H34N4O4S. The normalized spacial score (nSPS) is 19.3. The largest absolute Gasteiger partial charge is 0.444 e. The number of pyridine rings is 1. The van der Waals surface area contributed by atoms with Crippen molar-refractivity contribution in [2.45, 2.75) is 71.0 Å². The third-order valence-corrected chi connectivity index (χ3v) is 8.00. The van der Waals surface area contributed by atoms with Crippen LogP contribution >= 0.6 is 0 Å². The number of aromatic nitrogens is 2. The number of anilines is 1. The number of carbonyl (C=O) groups is 1. The van der Waals surface area contributed by atoms with Crippen LogP contribution < -0.4 is 4.90 Å². The van der Waals surface area contributed by atoms with E-state index in [4.69, 9.17) is 4.74 Å². The molecule has 3 aromatic rings. The molecule has 1 saturated heterocycles. The van der Waals surface area contributed by atoms with Gasteiger partial charge in [-0.25, -0.2) is 22.2 Å². The number of hydrogen-bond donors (Lipinski definition) is 0. The predicted octanol–water partition coefficient (Wildman–Crippen LogP) is 4.72. The monoisotopic (exact) mass is 498 g/mol. The van der Waals surface area contributed by atoms with Gasteiger partial charge in [0.25, 0.3) is 10.0 Å². The average Bonchev–Trinajstić information content (AvgIpc) is 3.12. The summed E-state index contributed by atoms with van der Waals surface area (Å²) in [7, 11) is -3.77. The molecule has 35 heavy (non-hydrogen) atoms. The molecule has 0 bridgehead atoms. The SMILES string of the molecule is Cc1ccc(S(=O)(=O)n2cc(C)c3c(N4C[C@@H](C)N(C(=O)OC(C)(C)C)C[C@@H]4C)nccc32)cc1. The van der Waals surface area contributed by atoms with E-state index in [1.54, 1.807) is 47.6 Å². The van der Waals surface area contributed by atoms with E-state index in [0.29, 0.717) is 18.6 Å². The lowest BCUT2D eigenvalue weighted by atomic mass is 10.1. The molecule has 1 aliphatic heterocycles. The van der Waals surface area contributed by atoms with Crippen molar-refractivity contribution in [3.63, 3.8) is 0 Å². The maximum absolute atomic E-state index is 13.5. The Hall–Kier alpha value is -3.07. The molecule has 8 nitrogen and oxygen atoms in total. The fraction of sp³-hybridized carbons (Fsp3) is 0.462. The summed E-state index contributed by atoms with van der Waals surface area (Å²) in [4.78, 5) is 21.6. The van der Waals surface area contributed by atoms with Gasteiger partial charge in [-0.15, -0.1) is 0 Å². The Kier molecular flexibility index (Phi) is 6.34. The summed E-state index contributed by atoms with van der Waals surface area (Å²) in [6.45, 7) is 14.5. The number of amides is 1. The summed E-state index contributed by atoms with van der Waals surface area (Å²) < 4.78 is 33.9. The minimum atomic E-state index is -3.77. The molecule has 1 amide bonds. The van der Waals surface area contributed by atoms with E-state index < -0.39 is 15.6 Å². The molecule has 3 heterocycles. The molecule has 0 aliphatic carbocycles. The van der Waals surface area contributed by atoms with Gasteiger partial charge in [0.15, 0.2) is 0 Å². The second kappa shape index (κ2) is 8.86.